The number of tetrazole rings is 1. The van der Waals surface area contributed by atoms with E-state index in [4.69, 9.17) is 5.11 Å². The van der Waals surface area contributed by atoms with Crippen LogP contribution in [-0.2, 0) is 17.9 Å². The molecule has 38 heavy (non-hydrogen) atoms. The summed E-state index contributed by atoms with van der Waals surface area (Å²) in [5.74, 6) is -0.237. The molecule has 1 saturated heterocycles. The second-order valence-corrected chi connectivity index (χ2v) is 10.0. The number of aromatic nitrogens is 4. The standard InChI is InChI=1S/C29H32N6O3/c1-29(20-34(17-15-30-29)19-21-6-3-2-4-7-21)27(24-8-5-9-25(36)18-24)22-10-12-23(13-11-22)28-31-33-35(32-28)16-14-26(37)38/h2-13,18,27,30,36H,14-17,19-20H2,1H3,(H,37,38)/t27-,29-/m1/s1. The highest BCUT2D eigenvalue weighted by molar-refractivity contribution is 5.66. The van der Waals surface area contributed by atoms with Gasteiger partial charge in [0.1, 0.15) is 5.75 Å². The lowest BCUT2D eigenvalue weighted by Gasteiger charge is -2.46. The molecule has 3 aromatic carbocycles. The molecule has 2 heterocycles. The van der Waals surface area contributed by atoms with Gasteiger partial charge in [-0.05, 0) is 41.0 Å². The summed E-state index contributed by atoms with van der Waals surface area (Å²) in [6, 6.07) is 26.1. The Balaban J connectivity index is 1.42. The summed E-state index contributed by atoms with van der Waals surface area (Å²) in [6.07, 6.45) is -0.0623. The molecule has 1 aliphatic heterocycles. The number of nitrogens with one attached hydrogen (secondary N) is 1. The number of carboxylic acid groups (broad SMARTS) is 1. The van der Waals surface area contributed by atoms with Crippen LogP contribution in [0.25, 0.3) is 11.4 Å². The van der Waals surface area contributed by atoms with Crippen molar-refractivity contribution in [2.24, 2.45) is 0 Å². The number of phenolic OH excluding ortho intramolecular Hbond substituents is 1. The maximum atomic E-state index is 10.8. The number of hydrogen-bond acceptors (Lipinski definition) is 7. The van der Waals surface area contributed by atoms with Gasteiger partial charge in [0, 0.05) is 43.2 Å². The maximum Gasteiger partial charge on any atom is 0.305 e. The van der Waals surface area contributed by atoms with Crippen LogP contribution in [0.1, 0.15) is 36.0 Å². The Morgan fingerprint density at radius 3 is 2.58 bits per heavy atom. The van der Waals surface area contributed by atoms with Gasteiger partial charge in [0.25, 0.3) is 0 Å². The van der Waals surface area contributed by atoms with Crippen LogP contribution in [0.15, 0.2) is 78.9 Å². The van der Waals surface area contributed by atoms with Crippen molar-refractivity contribution in [2.45, 2.75) is 37.9 Å². The first-order valence-corrected chi connectivity index (χ1v) is 12.8. The van der Waals surface area contributed by atoms with Gasteiger partial charge in [0.05, 0.1) is 13.0 Å². The van der Waals surface area contributed by atoms with E-state index >= 15 is 0 Å². The zero-order chi connectivity index (χ0) is 26.5. The number of nitrogens with zero attached hydrogens (tertiary/aromatic N) is 5. The summed E-state index contributed by atoms with van der Waals surface area (Å²) in [5.41, 5.74) is 3.94. The van der Waals surface area contributed by atoms with E-state index in [1.165, 1.54) is 10.4 Å². The zero-order valence-electron chi connectivity index (χ0n) is 21.4. The van der Waals surface area contributed by atoms with Gasteiger partial charge in [-0.25, -0.2) is 0 Å². The first-order chi connectivity index (χ1) is 18.4. The van der Waals surface area contributed by atoms with Gasteiger partial charge in [-0.1, -0.05) is 66.7 Å². The molecule has 1 aliphatic rings. The quantitative estimate of drug-likeness (QED) is 0.312. The summed E-state index contributed by atoms with van der Waals surface area (Å²) >= 11 is 0. The zero-order valence-corrected chi connectivity index (χ0v) is 21.4. The molecule has 0 spiro atoms. The second-order valence-electron chi connectivity index (χ2n) is 10.0. The Hall–Kier alpha value is -4.08. The maximum absolute atomic E-state index is 10.8. The van der Waals surface area contributed by atoms with Crippen molar-refractivity contribution in [1.29, 1.82) is 0 Å². The number of aliphatic carboxylic acids is 1. The predicted molar refractivity (Wildman–Crippen MR) is 144 cm³/mol. The first-order valence-electron chi connectivity index (χ1n) is 12.8. The lowest BCUT2D eigenvalue weighted by molar-refractivity contribution is -0.137. The fourth-order valence-electron chi connectivity index (χ4n) is 5.38. The summed E-state index contributed by atoms with van der Waals surface area (Å²) in [7, 11) is 0. The number of carboxylic acids is 1. The summed E-state index contributed by atoms with van der Waals surface area (Å²) in [5, 5.41) is 35.4. The third-order valence-electron chi connectivity index (χ3n) is 7.08. The molecule has 9 nitrogen and oxygen atoms in total. The highest BCUT2D eigenvalue weighted by Crippen LogP contribution is 2.38. The van der Waals surface area contributed by atoms with Crippen LogP contribution in [-0.4, -0.2) is 66.5 Å². The van der Waals surface area contributed by atoms with E-state index in [1.54, 1.807) is 6.07 Å². The van der Waals surface area contributed by atoms with E-state index in [2.05, 4.69) is 75.0 Å². The molecule has 2 atom stereocenters. The number of hydrogen-bond donors (Lipinski definition) is 3. The average molecular weight is 513 g/mol. The molecule has 0 aliphatic carbocycles. The van der Waals surface area contributed by atoms with E-state index in [-0.39, 0.29) is 30.2 Å². The molecular weight excluding hydrogens is 480 g/mol. The number of rotatable bonds is 9. The smallest absolute Gasteiger partial charge is 0.305 e. The third kappa shape index (κ3) is 5.90. The summed E-state index contributed by atoms with van der Waals surface area (Å²) in [6.45, 7) is 5.96. The molecule has 0 radical (unpaired) electrons. The lowest BCUT2D eigenvalue weighted by Crippen LogP contribution is -2.61. The van der Waals surface area contributed by atoms with Crippen LogP contribution in [0.3, 0.4) is 0 Å². The summed E-state index contributed by atoms with van der Waals surface area (Å²) in [4.78, 5) is 14.6. The van der Waals surface area contributed by atoms with Gasteiger partial charge in [-0.3, -0.25) is 9.69 Å². The van der Waals surface area contributed by atoms with Crippen molar-refractivity contribution in [3.63, 3.8) is 0 Å². The monoisotopic (exact) mass is 512 g/mol. The number of benzene rings is 3. The lowest BCUT2D eigenvalue weighted by atomic mass is 9.74. The minimum atomic E-state index is -0.904. The molecule has 3 N–H and O–H groups in total. The molecule has 0 unspecified atom stereocenters. The van der Waals surface area contributed by atoms with Crippen LogP contribution in [0.2, 0.25) is 0 Å². The van der Waals surface area contributed by atoms with Crippen LogP contribution in [0, 0.1) is 0 Å². The SMILES string of the molecule is C[C@]1([C@H](c2ccc(-c3nnn(CCC(=O)O)n3)cc2)c2cccc(O)c2)CN(Cc2ccccc2)CCN1. The third-order valence-corrected chi connectivity index (χ3v) is 7.08. The Kier molecular flexibility index (Phi) is 7.48. The van der Waals surface area contributed by atoms with Gasteiger partial charge in [0.2, 0.25) is 5.82 Å². The molecule has 1 fully saturated rings. The Morgan fingerprint density at radius 2 is 1.84 bits per heavy atom. The molecular formula is C29H32N6O3. The van der Waals surface area contributed by atoms with Crippen molar-refractivity contribution in [3.05, 3.63) is 95.6 Å². The van der Waals surface area contributed by atoms with Crippen LogP contribution in [0.5, 0.6) is 5.75 Å². The van der Waals surface area contributed by atoms with E-state index in [9.17, 15) is 9.90 Å². The normalized spacial score (nSPS) is 18.8. The van der Waals surface area contributed by atoms with Crippen molar-refractivity contribution in [2.75, 3.05) is 19.6 Å². The highest BCUT2D eigenvalue weighted by atomic mass is 16.4. The molecule has 0 amide bonds. The molecule has 196 valence electrons. The topological polar surface area (TPSA) is 116 Å². The number of aryl methyl sites for hydroxylation is 1. The van der Waals surface area contributed by atoms with E-state index < -0.39 is 5.97 Å². The second kappa shape index (κ2) is 11.1. The molecule has 0 saturated carbocycles. The van der Waals surface area contributed by atoms with Gasteiger partial charge in [-0.2, -0.15) is 4.80 Å². The Bertz CT molecular complexity index is 1370. The minimum Gasteiger partial charge on any atom is -0.508 e. The number of aromatic hydroxyl groups is 1. The number of phenols is 1. The van der Waals surface area contributed by atoms with Crippen molar-refractivity contribution >= 4 is 5.97 Å². The molecule has 5 rings (SSSR count). The number of carbonyl (C=O) groups is 1. The highest BCUT2D eigenvalue weighted by Gasteiger charge is 2.40. The Morgan fingerprint density at radius 1 is 1.05 bits per heavy atom. The molecule has 4 aromatic rings. The van der Waals surface area contributed by atoms with Crippen LogP contribution in [0.4, 0.5) is 0 Å². The first kappa shape index (κ1) is 25.6. The van der Waals surface area contributed by atoms with Crippen LogP contribution < -0.4 is 5.32 Å². The fraction of sp³-hybridized carbons (Fsp3) is 0.310. The van der Waals surface area contributed by atoms with Gasteiger partial charge in [0.15, 0.2) is 0 Å². The van der Waals surface area contributed by atoms with E-state index in [1.807, 2.05) is 30.3 Å². The van der Waals surface area contributed by atoms with Gasteiger partial charge in [-0.15, -0.1) is 10.2 Å². The summed E-state index contributed by atoms with van der Waals surface area (Å²) < 4.78 is 0. The predicted octanol–water partition coefficient (Wildman–Crippen LogP) is 3.52. The van der Waals surface area contributed by atoms with Gasteiger partial charge >= 0.3 is 5.97 Å². The minimum absolute atomic E-state index is 0.0265. The molecule has 9 heteroatoms. The van der Waals surface area contributed by atoms with E-state index in [0.717, 1.165) is 42.9 Å². The van der Waals surface area contributed by atoms with E-state index in [0.29, 0.717) is 5.82 Å². The number of piperazine rings is 1. The Labute approximate surface area is 221 Å². The van der Waals surface area contributed by atoms with Crippen LogP contribution >= 0.6 is 0 Å². The largest absolute Gasteiger partial charge is 0.508 e. The van der Waals surface area contributed by atoms with Crippen molar-refractivity contribution < 1.29 is 15.0 Å². The van der Waals surface area contributed by atoms with Gasteiger partial charge < -0.3 is 15.5 Å². The molecule has 0 bridgehead atoms. The van der Waals surface area contributed by atoms with Crippen molar-refractivity contribution in [3.8, 4) is 17.1 Å². The molecule has 1 aromatic heterocycles. The van der Waals surface area contributed by atoms with Crippen molar-refractivity contribution in [1.82, 2.24) is 30.4 Å². The fourth-order valence-corrected chi connectivity index (χ4v) is 5.38. The average Bonchev–Trinajstić information content (AvgIpc) is 3.38.